The summed E-state index contributed by atoms with van der Waals surface area (Å²) in [5, 5.41) is 0. The van der Waals surface area contributed by atoms with Gasteiger partial charge in [-0.2, -0.15) is 0 Å². The molecule has 1 saturated carbocycles. The molecule has 0 saturated heterocycles. The third-order valence-corrected chi connectivity index (χ3v) is 4.95. The van der Waals surface area contributed by atoms with Crippen LogP contribution < -0.4 is 5.73 Å². The molecule has 0 aromatic heterocycles. The van der Waals surface area contributed by atoms with Gasteiger partial charge in [0, 0.05) is 18.5 Å². The molecule has 0 bridgehead atoms. The van der Waals surface area contributed by atoms with E-state index in [1.807, 2.05) is 13.8 Å². The highest BCUT2D eigenvalue weighted by Crippen LogP contribution is 2.47. The summed E-state index contributed by atoms with van der Waals surface area (Å²) in [5.41, 5.74) is 9.98. The molecule has 0 heterocycles. The summed E-state index contributed by atoms with van der Waals surface area (Å²) >= 11 is 0. The van der Waals surface area contributed by atoms with Crippen LogP contribution in [0.1, 0.15) is 73.6 Å². The molecule has 0 amide bonds. The molecule has 0 aromatic carbocycles. The number of carbonyl (C=O) groups is 1. The number of aliphatic imine (C=N–C) groups is 1. The van der Waals surface area contributed by atoms with Crippen molar-refractivity contribution < 1.29 is 4.79 Å². The maximum absolute atomic E-state index is 12.6. The van der Waals surface area contributed by atoms with Gasteiger partial charge in [0.2, 0.25) is 0 Å². The maximum Gasteiger partial charge on any atom is 0.163 e. The Morgan fingerprint density at radius 2 is 1.92 bits per heavy atom. The molecule has 2 rings (SSSR count). The van der Waals surface area contributed by atoms with Crippen molar-refractivity contribution >= 4 is 11.6 Å². The van der Waals surface area contributed by atoms with E-state index in [0.717, 1.165) is 30.5 Å². The van der Waals surface area contributed by atoms with Gasteiger partial charge in [0.05, 0.1) is 5.84 Å². The fourth-order valence-electron chi connectivity index (χ4n) is 3.47. The zero-order valence-electron chi connectivity index (χ0n) is 17.0. The first-order valence-electron chi connectivity index (χ1n) is 9.50. The van der Waals surface area contributed by atoms with Crippen LogP contribution in [0.25, 0.3) is 0 Å². The molecule has 2 aliphatic carbocycles. The number of rotatable bonds is 5. The summed E-state index contributed by atoms with van der Waals surface area (Å²) in [6, 6.07) is 0. The Morgan fingerprint density at radius 3 is 2.24 bits per heavy atom. The molecule has 3 nitrogen and oxygen atoms in total. The standard InChI is InChI=1S/C18H26O.C4H10N2/c1-6-18(5)10-13(4)17(16(19)11-18)15(9-12(2)3)14-7-8-14;1-3-6-4(2)5/h9,14H,2,6-8,10-11H2,1,3-5H3;3H2,1-2H3,(H2,5,6)/b15-9-;. The predicted molar refractivity (Wildman–Crippen MR) is 109 cm³/mol. The van der Waals surface area contributed by atoms with Crippen LogP contribution in [0.15, 0.2) is 39.9 Å². The first-order valence-corrected chi connectivity index (χ1v) is 9.50. The Bertz CT molecular complexity index is 602. The lowest BCUT2D eigenvalue weighted by atomic mass is 9.69. The minimum Gasteiger partial charge on any atom is -0.388 e. The number of Topliss-reactive ketones (excluding diaryl/α,β-unsaturated/α-hetero) is 1. The number of hydrogen-bond donors (Lipinski definition) is 1. The van der Waals surface area contributed by atoms with Crippen LogP contribution in [-0.4, -0.2) is 18.2 Å². The van der Waals surface area contributed by atoms with Crippen molar-refractivity contribution in [3.05, 3.63) is 34.9 Å². The van der Waals surface area contributed by atoms with Crippen molar-refractivity contribution in [2.75, 3.05) is 6.54 Å². The molecule has 1 fully saturated rings. The third-order valence-electron chi connectivity index (χ3n) is 4.95. The van der Waals surface area contributed by atoms with E-state index in [4.69, 9.17) is 5.73 Å². The first-order chi connectivity index (χ1) is 11.6. The number of ketones is 1. The van der Waals surface area contributed by atoms with Gasteiger partial charge in [0.15, 0.2) is 5.78 Å². The van der Waals surface area contributed by atoms with E-state index >= 15 is 0 Å². The summed E-state index contributed by atoms with van der Waals surface area (Å²) in [7, 11) is 0. The highest BCUT2D eigenvalue weighted by Gasteiger charge is 2.38. The highest BCUT2D eigenvalue weighted by molar-refractivity contribution is 6.02. The van der Waals surface area contributed by atoms with E-state index in [2.05, 4.69) is 38.4 Å². The fraction of sp³-hybridized carbons (Fsp3) is 0.636. The quantitative estimate of drug-likeness (QED) is 0.413. The molecule has 0 aromatic rings. The van der Waals surface area contributed by atoms with Crippen LogP contribution in [0.3, 0.4) is 0 Å². The highest BCUT2D eigenvalue weighted by atomic mass is 16.1. The van der Waals surface area contributed by atoms with Crippen molar-refractivity contribution in [3.63, 3.8) is 0 Å². The zero-order chi connectivity index (χ0) is 19.2. The van der Waals surface area contributed by atoms with Gasteiger partial charge >= 0.3 is 0 Å². The Hall–Kier alpha value is -1.64. The van der Waals surface area contributed by atoms with Crippen LogP contribution in [-0.2, 0) is 4.79 Å². The second-order valence-electron chi connectivity index (χ2n) is 7.93. The minimum atomic E-state index is 0.169. The van der Waals surface area contributed by atoms with E-state index in [9.17, 15) is 4.79 Å². The van der Waals surface area contributed by atoms with Gasteiger partial charge in [-0.1, -0.05) is 37.6 Å². The van der Waals surface area contributed by atoms with E-state index < -0.39 is 0 Å². The lowest BCUT2D eigenvalue weighted by Gasteiger charge is -2.34. The zero-order valence-corrected chi connectivity index (χ0v) is 17.0. The fourth-order valence-corrected chi connectivity index (χ4v) is 3.47. The number of allylic oxidation sites excluding steroid dienone is 5. The second kappa shape index (κ2) is 9.17. The van der Waals surface area contributed by atoms with E-state index in [-0.39, 0.29) is 5.41 Å². The van der Waals surface area contributed by atoms with Crippen LogP contribution in [0.5, 0.6) is 0 Å². The SMILES string of the molecule is C=C(C)/C=C(\C1=C(C)CC(C)(CC)CC1=O)C1CC1.CCN=C(C)N. The molecule has 25 heavy (non-hydrogen) atoms. The van der Waals surface area contributed by atoms with Crippen molar-refractivity contribution in [1.29, 1.82) is 0 Å². The van der Waals surface area contributed by atoms with Gasteiger partial charge in [-0.3, -0.25) is 9.79 Å². The molecule has 2 N–H and O–H groups in total. The molecule has 0 spiro atoms. The van der Waals surface area contributed by atoms with Gasteiger partial charge in [-0.25, -0.2) is 0 Å². The largest absolute Gasteiger partial charge is 0.388 e. The first kappa shape index (κ1) is 21.4. The summed E-state index contributed by atoms with van der Waals surface area (Å²) in [6.45, 7) is 17.1. The lowest BCUT2D eigenvalue weighted by Crippen LogP contribution is -2.28. The molecule has 0 radical (unpaired) electrons. The van der Waals surface area contributed by atoms with Crippen molar-refractivity contribution in [2.45, 2.75) is 73.6 Å². The number of carbonyl (C=O) groups excluding carboxylic acids is 1. The molecular weight excluding hydrogens is 308 g/mol. The van der Waals surface area contributed by atoms with Crippen LogP contribution in [0.4, 0.5) is 0 Å². The van der Waals surface area contributed by atoms with Crippen molar-refractivity contribution in [2.24, 2.45) is 22.1 Å². The van der Waals surface area contributed by atoms with Gasteiger partial charge in [0.1, 0.15) is 0 Å². The smallest absolute Gasteiger partial charge is 0.163 e. The molecule has 140 valence electrons. The number of nitrogens with two attached hydrogens (primary N) is 1. The van der Waals surface area contributed by atoms with Crippen molar-refractivity contribution in [1.82, 2.24) is 0 Å². The van der Waals surface area contributed by atoms with Crippen molar-refractivity contribution in [3.8, 4) is 0 Å². The molecule has 0 aliphatic heterocycles. The third kappa shape index (κ3) is 6.64. The number of amidine groups is 1. The second-order valence-corrected chi connectivity index (χ2v) is 7.93. The average Bonchev–Trinajstić information content (AvgIpc) is 3.30. The molecule has 1 atom stereocenters. The summed E-state index contributed by atoms with van der Waals surface area (Å²) in [4.78, 5) is 16.4. The molecular formula is C22H36N2O. The maximum atomic E-state index is 12.6. The van der Waals surface area contributed by atoms with Crippen LogP contribution in [0, 0.1) is 11.3 Å². The van der Waals surface area contributed by atoms with Gasteiger partial charge < -0.3 is 5.73 Å². The van der Waals surface area contributed by atoms with Gasteiger partial charge in [-0.05, 0) is 70.3 Å². The Kier molecular flexibility index (Phi) is 7.85. The average molecular weight is 345 g/mol. The summed E-state index contributed by atoms with van der Waals surface area (Å²) in [6.07, 6.45) is 7.44. The van der Waals surface area contributed by atoms with Gasteiger partial charge in [-0.15, -0.1) is 0 Å². The summed E-state index contributed by atoms with van der Waals surface area (Å²) in [5.74, 6) is 1.63. The summed E-state index contributed by atoms with van der Waals surface area (Å²) < 4.78 is 0. The van der Waals surface area contributed by atoms with Crippen LogP contribution >= 0.6 is 0 Å². The number of nitrogens with zero attached hydrogens (tertiary/aromatic N) is 1. The minimum absolute atomic E-state index is 0.169. The Labute approximate surface area is 154 Å². The van der Waals surface area contributed by atoms with Crippen LogP contribution in [0.2, 0.25) is 0 Å². The molecule has 3 heteroatoms. The number of hydrogen-bond acceptors (Lipinski definition) is 2. The molecule has 2 aliphatic rings. The predicted octanol–water partition coefficient (Wildman–Crippen LogP) is 5.38. The normalized spacial score (nSPS) is 24.8. The van der Waals surface area contributed by atoms with E-state index in [1.165, 1.54) is 24.0 Å². The molecule has 1 unspecified atom stereocenters. The topological polar surface area (TPSA) is 55.5 Å². The monoisotopic (exact) mass is 344 g/mol. The van der Waals surface area contributed by atoms with E-state index in [1.54, 1.807) is 6.92 Å². The Balaban J connectivity index is 0.000000450. The lowest BCUT2D eigenvalue weighted by molar-refractivity contribution is -0.118. The van der Waals surface area contributed by atoms with Gasteiger partial charge in [0.25, 0.3) is 0 Å². The van der Waals surface area contributed by atoms with E-state index in [0.29, 0.717) is 24.0 Å². The Morgan fingerprint density at radius 1 is 1.32 bits per heavy atom.